The van der Waals surface area contributed by atoms with Gasteiger partial charge < -0.3 is 15.4 Å². The first-order valence-corrected chi connectivity index (χ1v) is 8.56. The van der Waals surface area contributed by atoms with Gasteiger partial charge in [-0.05, 0) is 18.6 Å². The van der Waals surface area contributed by atoms with Crippen molar-refractivity contribution in [1.29, 1.82) is 0 Å². The van der Waals surface area contributed by atoms with Crippen molar-refractivity contribution in [3.8, 4) is 5.75 Å². The zero-order valence-corrected chi connectivity index (χ0v) is 17.6. The molecule has 0 bridgehead atoms. The van der Waals surface area contributed by atoms with Gasteiger partial charge in [-0.25, -0.2) is 4.98 Å². The summed E-state index contributed by atoms with van der Waals surface area (Å²) in [5.74, 6) is 1.61. The van der Waals surface area contributed by atoms with Crippen LogP contribution in [0.15, 0.2) is 41.0 Å². The molecule has 0 radical (unpaired) electrons. The largest absolute Gasteiger partial charge is 0.496 e. The molecule has 0 spiro atoms. The minimum Gasteiger partial charge on any atom is -0.496 e. The van der Waals surface area contributed by atoms with Gasteiger partial charge in [0.2, 0.25) is 0 Å². The molecule has 0 atom stereocenters. The lowest BCUT2D eigenvalue weighted by atomic mass is 10.1. The van der Waals surface area contributed by atoms with E-state index in [4.69, 9.17) is 4.74 Å². The van der Waals surface area contributed by atoms with Gasteiger partial charge in [-0.15, -0.1) is 35.3 Å². The molecule has 0 aliphatic rings. The van der Waals surface area contributed by atoms with Crippen molar-refractivity contribution in [2.24, 2.45) is 4.99 Å². The molecule has 134 valence electrons. The summed E-state index contributed by atoms with van der Waals surface area (Å²) >= 11 is 1.63. The molecule has 0 fully saturated rings. The summed E-state index contributed by atoms with van der Waals surface area (Å²) in [6.45, 7) is 3.32. The number of nitrogens with one attached hydrogen (secondary N) is 2. The quantitative estimate of drug-likeness (QED) is 0.341. The third kappa shape index (κ3) is 4.85. The van der Waals surface area contributed by atoms with Crippen molar-refractivity contribution < 1.29 is 4.74 Å². The molecule has 2 aromatic heterocycles. The van der Waals surface area contributed by atoms with E-state index in [0.717, 1.165) is 27.9 Å². The molecule has 8 heteroatoms. The van der Waals surface area contributed by atoms with Crippen LogP contribution in [0.1, 0.15) is 16.8 Å². The highest BCUT2D eigenvalue weighted by Gasteiger charge is 2.06. The van der Waals surface area contributed by atoms with E-state index in [1.54, 1.807) is 25.5 Å². The average molecular weight is 471 g/mol. The molecule has 2 heterocycles. The van der Waals surface area contributed by atoms with Crippen LogP contribution in [-0.2, 0) is 13.1 Å². The number of rotatable bonds is 5. The third-order valence-electron chi connectivity index (χ3n) is 3.69. The zero-order valence-electron chi connectivity index (χ0n) is 14.4. The minimum atomic E-state index is 0. The Morgan fingerprint density at radius 1 is 1.32 bits per heavy atom. The molecule has 6 nitrogen and oxygen atoms in total. The van der Waals surface area contributed by atoms with E-state index in [1.165, 1.54) is 5.56 Å². The highest BCUT2D eigenvalue weighted by molar-refractivity contribution is 14.0. The maximum Gasteiger partial charge on any atom is 0.193 e. The summed E-state index contributed by atoms with van der Waals surface area (Å²) in [4.78, 5) is 9.80. The molecule has 25 heavy (non-hydrogen) atoms. The lowest BCUT2D eigenvalue weighted by molar-refractivity contribution is 0.408. The van der Waals surface area contributed by atoms with Gasteiger partial charge >= 0.3 is 0 Å². The summed E-state index contributed by atoms with van der Waals surface area (Å²) < 4.78 is 7.46. The molecule has 0 unspecified atom stereocenters. The van der Waals surface area contributed by atoms with E-state index in [0.29, 0.717) is 13.1 Å². The van der Waals surface area contributed by atoms with Gasteiger partial charge in [-0.1, -0.05) is 12.1 Å². The van der Waals surface area contributed by atoms with Gasteiger partial charge in [-0.3, -0.25) is 9.39 Å². The van der Waals surface area contributed by atoms with Gasteiger partial charge in [-0.2, -0.15) is 0 Å². The number of halogens is 1. The minimum absolute atomic E-state index is 0. The molecular weight excluding hydrogens is 449 g/mol. The van der Waals surface area contributed by atoms with Crippen LogP contribution in [0.2, 0.25) is 0 Å². The van der Waals surface area contributed by atoms with E-state index in [9.17, 15) is 0 Å². The first-order valence-electron chi connectivity index (χ1n) is 7.68. The van der Waals surface area contributed by atoms with Crippen molar-refractivity contribution in [1.82, 2.24) is 20.0 Å². The Balaban J connectivity index is 0.00000225. The summed E-state index contributed by atoms with van der Waals surface area (Å²) in [7, 11) is 3.45. The lowest BCUT2D eigenvalue weighted by Gasteiger charge is -2.13. The zero-order chi connectivity index (χ0) is 16.9. The van der Waals surface area contributed by atoms with E-state index in [2.05, 4.69) is 39.7 Å². The average Bonchev–Trinajstić information content (AvgIpc) is 3.17. The topological polar surface area (TPSA) is 63.0 Å². The number of guanidine groups is 1. The molecule has 1 aromatic carbocycles. The maximum absolute atomic E-state index is 5.43. The molecule has 0 aliphatic carbocycles. The van der Waals surface area contributed by atoms with Crippen LogP contribution < -0.4 is 15.4 Å². The SMILES string of the molecule is CN=C(NCc1cn2ccsc2n1)NCc1ccc(C)cc1OC.I. The van der Waals surface area contributed by atoms with E-state index >= 15 is 0 Å². The molecule has 3 rings (SSSR count). The predicted molar refractivity (Wildman–Crippen MR) is 113 cm³/mol. The van der Waals surface area contributed by atoms with Crippen molar-refractivity contribution in [2.45, 2.75) is 20.0 Å². The van der Waals surface area contributed by atoms with Crippen LogP contribution in [-0.4, -0.2) is 29.5 Å². The Bertz CT molecular complexity index is 829. The lowest BCUT2D eigenvalue weighted by Crippen LogP contribution is -2.36. The Labute approximate surface area is 168 Å². The van der Waals surface area contributed by atoms with E-state index in [-0.39, 0.29) is 24.0 Å². The van der Waals surface area contributed by atoms with Crippen molar-refractivity contribution in [3.63, 3.8) is 0 Å². The highest BCUT2D eigenvalue weighted by atomic mass is 127. The number of benzene rings is 1. The fourth-order valence-corrected chi connectivity index (χ4v) is 3.15. The molecule has 0 saturated carbocycles. The first-order chi connectivity index (χ1) is 11.7. The third-order valence-corrected chi connectivity index (χ3v) is 4.46. The summed E-state index contributed by atoms with van der Waals surface area (Å²) in [5.41, 5.74) is 3.25. The second-order valence-corrected chi connectivity index (χ2v) is 6.29. The number of imidazole rings is 1. The predicted octanol–water partition coefficient (Wildman–Crippen LogP) is 3.20. The number of nitrogens with zero attached hydrogens (tertiary/aromatic N) is 3. The maximum atomic E-state index is 5.43. The van der Waals surface area contributed by atoms with Gasteiger partial charge in [0.05, 0.1) is 19.3 Å². The smallest absolute Gasteiger partial charge is 0.193 e. The second kappa shape index (κ2) is 9.04. The fourth-order valence-electron chi connectivity index (χ4n) is 2.43. The van der Waals surface area contributed by atoms with Crippen molar-refractivity contribution in [2.75, 3.05) is 14.2 Å². The summed E-state index contributed by atoms with van der Waals surface area (Å²) in [6.07, 6.45) is 4.03. The molecule has 0 saturated heterocycles. The molecule has 0 aliphatic heterocycles. The van der Waals surface area contributed by atoms with Crippen LogP contribution in [0.25, 0.3) is 4.96 Å². The van der Waals surface area contributed by atoms with Crippen LogP contribution in [0.5, 0.6) is 5.75 Å². The Morgan fingerprint density at radius 3 is 2.84 bits per heavy atom. The number of methoxy groups -OCH3 is 1. The van der Waals surface area contributed by atoms with Gasteiger partial charge in [0.15, 0.2) is 10.9 Å². The number of aryl methyl sites for hydroxylation is 1. The number of thiazole rings is 1. The number of aliphatic imine (C=N–C) groups is 1. The van der Waals surface area contributed by atoms with Gasteiger partial charge in [0.25, 0.3) is 0 Å². The van der Waals surface area contributed by atoms with E-state index < -0.39 is 0 Å². The normalized spacial score (nSPS) is 11.2. The number of fused-ring (bicyclic) bond motifs is 1. The Hall–Kier alpha value is -1.81. The number of hydrogen-bond donors (Lipinski definition) is 2. The molecule has 3 aromatic rings. The number of ether oxygens (including phenoxy) is 1. The van der Waals surface area contributed by atoms with Gasteiger partial charge in [0, 0.05) is 36.9 Å². The van der Waals surface area contributed by atoms with Crippen molar-refractivity contribution in [3.05, 3.63) is 52.8 Å². The summed E-state index contributed by atoms with van der Waals surface area (Å²) in [6, 6.07) is 6.18. The monoisotopic (exact) mass is 471 g/mol. The summed E-state index contributed by atoms with van der Waals surface area (Å²) in [5, 5.41) is 8.61. The van der Waals surface area contributed by atoms with Crippen LogP contribution in [0.4, 0.5) is 0 Å². The molecule has 2 N–H and O–H groups in total. The van der Waals surface area contributed by atoms with Crippen LogP contribution >= 0.6 is 35.3 Å². The number of aromatic nitrogens is 2. The Morgan fingerprint density at radius 2 is 2.12 bits per heavy atom. The van der Waals surface area contributed by atoms with Crippen LogP contribution in [0.3, 0.4) is 0 Å². The highest BCUT2D eigenvalue weighted by Crippen LogP contribution is 2.19. The molecule has 0 amide bonds. The van der Waals surface area contributed by atoms with E-state index in [1.807, 2.05) is 28.2 Å². The second-order valence-electron chi connectivity index (χ2n) is 5.42. The fraction of sp³-hybridized carbons (Fsp3) is 0.294. The Kier molecular flexibility index (Phi) is 7.06. The molecular formula is C17H22IN5OS. The number of hydrogen-bond acceptors (Lipinski definition) is 4. The standard InChI is InChI=1S/C17H21N5OS.HI/c1-12-4-5-13(15(8-12)23-3)9-19-16(18-2)20-10-14-11-22-6-7-24-17(22)21-14;/h4-8,11H,9-10H2,1-3H3,(H2,18,19,20);1H. The van der Waals surface area contributed by atoms with Crippen molar-refractivity contribution >= 4 is 46.2 Å². The first kappa shape index (κ1) is 19.5. The van der Waals surface area contributed by atoms with Gasteiger partial charge in [0.1, 0.15) is 5.75 Å². The van der Waals surface area contributed by atoms with Crippen LogP contribution in [0, 0.1) is 6.92 Å².